The number of halogens is 1. The van der Waals surface area contributed by atoms with Crippen LogP contribution in [0.2, 0.25) is 5.02 Å². The van der Waals surface area contributed by atoms with E-state index in [2.05, 4.69) is 5.32 Å². The molecule has 0 spiro atoms. The Balaban J connectivity index is 1.95. The van der Waals surface area contributed by atoms with Gasteiger partial charge < -0.3 is 14.8 Å². The van der Waals surface area contributed by atoms with Crippen LogP contribution in [0, 0.1) is 0 Å². The van der Waals surface area contributed by atoms with Crippen LogP contribution < -0.4 is 10.1 Å². The van der Waals surface area contributed by atoms with Crippen molar-refractivity contribution in [2.75, 3.05) is 18.5 Å². The Labute approximate surface area is 178 Å². The highest BCUT2D eigenvalue weighted by atomic mass is 35.5. The van der Waals surface area contributed by atoms with Gasteiger partial charge in [0.2, 0.25) is 0 Å². The number of benzene rings is 2. The minimum atomic E-state index is -0.487. The van der Waals surface area contributed by atoms with Crippen molar-refractivity contribution in [1.82, 2.24) is 0 Å². The van der Waals surface area contributed by atoms with Crippen LogP contribution in [0.3, 0.4) is 0 Å². The number of hydrogen-bond donors (Lipinski definition) is 1. The van der Waals surface area contributed by atoms with Crippen LogP contribution in [0.15, 0.2) is 53.9 Å². The van der Waals surface area contributed by atoms with E-state index in [1.54, 1.807) is 31.2 Å². The molecule has 1 amide bonds. The Morgan fingerprint density at radius 2 is 1.83 bits per heavy atom. The molecule has 2 aromatic carbocycles. The summed E-state index contributed by atoms with van der Waals surface area (Å²) >= 11 is 7.24. The van der Waals surface area contributed by atoms with E-state index < -0.39 is 5.97 Å². The van der Waals surface area contributed by atoms with Crippen molar-refractivity contribution >= 4 is 39.8 Å². The molecule has 7 heteroatoms. The zero-order valence-electron chi connectivity index (χ0n) is 16.0. The molecule has 0 bridgehead atoms. The van der Waals surface area contributed by atoms with Crippen molar-refractivity contribution in [3.63, 3.8) is 0 Å². The van der Waals surface area contributed by atoms with Crippen LogP contribution in [-0.2, 0) is 4.74 Å². The first-order valence-electron chi connectivity index (χ1n) is 9.12. The zero-order chi connectivity index (χ0) is 20.8. The highest BCUT2D eigenvalue weighted by Crippen LogP contribution is 2.37. The Bertz CT molecular complexity index is 1010. The van der Waals surface area contributed by atoms with Crippen molar-refractivity contribution < 1.29 is 19.1 Å². The molecule has 0 fully saturated rings. The molecule has 1 aromatic heterocycles. The Hall–Kier alpha value is -2.83. The van der Waals surface area contributed by atoms with Gasteiger partial charge in [0.05, 0.1) is 13.2 Å². The molecular formula is C22H20ClNO4S. The maximum absolute atomic E-state index is 12.6. The fraction of sp³-hybridized carbons (Fsp3) is 0.182. The first-order chi connectivity index (χ1) is 14.0. The Morgan fingerprint density at radius 1 is 1.07 bits per heavy atom. The monoisotopic (exact) mass is 429 g/mol. The number of carbonyl (C=O) groups excluding carboxylic acids is 2. The van der Waals surface area contributed by atoms with E-state index >= 15 is 0 Å². The smallest absolute Gasteiger partial charge is 0.341 e. The lowest BCUT2D eigenvalue weighted by molar-refractivity contribution is 0.0529. The lowest BCUT2D eigenvalue weighted by Crippen LogP contribution is -2.14. The standard InChI is InChI=1S/C22H20ClNO4S/c1-3-27-17-10-8-14(9-11-17)18-13-29-21(19(18)22(26)28-4-2)24-20(25)15-6-5-7-16(23)12-15/h5-13H,3-4H2,1-2H3,(H,24,25). The van der Waals surface area contributed by atoms with Crippen molar-refractivity contribution in [2.45, 2.75) is 13.8 Å². The Morgan fingerprint density at radius 3 is 2.48 bits per heavy atom. The minimum Gasteiger partial charge on any atom is -0.494 e. The maximum Gasteiger partial charge on any atom is 0.341 e. The summed E-state index contributed by atoms with van der Waals surface area (Å²) in [4.78, 5) is 25.3. The van der Waals surface area contributed by atoms with Crippen molar-refractivity contribution in [1.29, 1.82) is 0 Å². The van der Waals surface area contributed by atoms with Crippen molar-refractivity contribution in [3.05, 3.63) is 70.1 Å². The molecule has 5 nitrogen and oxygen atoms in total. The summed E-state index contributed by atoms with van der Waals surface area (Å²) in [6, 6.07) is 14.1. The van der Waals surface area contributed by atoms with Crippen LogP contribution in [0.5, 0.6) is 5.75 Å². The van der Waals surface area contributed by atoms with Crippen LogP contribution in [-0.4, -0.2) is 25.1 Å². The summed E-state index contributed by atoms with van der Waals surface area (Å²) < 4.78 is 10.7. The highest BCUT2D eigenvalue weighted by molar-refractivity contribution is 7.15. The maximum atomic E-state index is 12.6. The fourth-order valence-corrected chi connectivity index (χ4v) is 3.91. The van der Waals surface area contributed by atoms with Crippen LogP contribution in [0.1, 0.15) is 34.6 Å². The minimum absolute atomic E-state index is 0.235. The quantitative estimate of drug-likeness (QED) is 0.475. The molecule has 0 radical (unpaired) electrons. The first-order valence-corrected chi connectivity index (χ1v) is 10.4. The van der Waals surface area contributed by atoms with Gasteiger partial charge in [0, 0.05) is 21.5 Å². The lowest BCUT2D eigenvalue weighted by Gasteiger charge is -2.10. The number of amides is 1. The van der Waals surface area contributed by atoms with Gasteiger partial charge >= 0.3 is 5.97 Å². The lowest BCUT2D eigenvalue weighted by atomic mass is 10.0. The van der Waals surface area contributed by atoms with Gasteiger partial charge in [0.25, 0.3) is 5.91 Å². The van der Waals surface area contributed by atoms with E-state index in [1.807, 2.05) is 36.6 Å². The second-order valence-corrected chi connectivity index (χ2v) is 7.31. The topological polar surface area (TPSA) is 64.6 Å². The molecule has 0 aliphatic rings. The summed E-state index contributed by atoms with van der Waals surface area (Å²) in [5.41, 5.74) is 2.26. The highest BCUT2D eigenvalue weighted by Gasteiger charge is 2.23. The van der Waals surface area contributed by atoms with E-state index in [-0.39, 0.29) is 12.5 Å². The molecule has 150 valence electrons. The second-order valence-electron chi connectivity index (χ2n) is 6.00. The van der Waals surface area contributed by atoms with Crippen LogP contribution in [0.25, 0.3) is 11.1 Å². The average molecular weight is 430 g/mol. The fourth-order valence-electron chi connectivity index (χ4n) is 2.77. The summed E-state index contributed by atoms with van der Waals surface area (Å²) in [5.74, 6) is -0.0872. The van der Waals surface area contributed by atoms with Gasteiger partial charge in [-0.1, -0.05) is 29.8 Å². The number of rotatable bonds is 7. The van der Waals surface area contributed by atoms with Crippen molar-refractivity contribution in [3.8, 4) is 16.9 Å². The first kappa shape index (κ1) is 20.9. The summed E-state index contributed by atoms with van der Waals surface area (Å²) in [6.07, 6.45) is 0. The number of ether oxygens (including phenoxy) is 2. The molecule has 3 aromatic rings. The van der Waals surface area contributed by atoms with E-state index in [1.165, 1.54) is 11.3 Å². The largest absolute Gasteiger partial charge is 0.494 e. The number of carbonyl (C=O) groups is 2. The zero-order valence-corrected chi connectivity index (χ0v) is 17.6. The van der Waals surface area contributed by atoms with E-state index in [0.29, 0.717) is 33.3 Å². The Kier molecular flexibility index (Phi) is 6.90. The van der Waals surface area contributed by atoms with Crippen LogP contribution >= 0.6 is 22.9 Å². The molecule has 29 heavy (non-hydrogen) atoms. The third-order valence-electron chi connectivity index (χ3n) is 4.06. The summed E-state index contributed by atoms with van der Waals surface area (Å²) in [6.45, 7) is 4.47. The SMILES string of the molecule is CCOC(=O)c1c(-c2ccc(OCC)cc2)csc1NC(=O)c1cccc(Cl)c1. The molecule has 3 rings (SSSR count). The molecule has 0 saturated carbocycles. The van der Waals surface area contributed by atoms with Gasteiger partial charge in [0.15, 0.2) is 0 Å². The molecule has 0 aliphatic carbocycles. The second kappa shape index (κ2) is 9.58. The third kappa shape index (κ3) is 4.96. The van der Waals surface area contributed by atoms with Crippen LogP contribution in [0.4, 0.5) is 5.00 Å². The number of anilines is 1. The summed E-state index contributed by atoms with van der Waals surface area (Å²) in [7, 11) is 0. The van der Waals surface area contributed by atoms with Gasteiger partial charge in [-0.3, -0.25) is 4.79 Å². The average Bonchev–Trinajstić information content (AvgIpc) is 3.12. The molecule has 0 saturated heterocycles. The van der Waals surface area contributed by atoms with E-state index in [4.69, 9.17) is 21.1 Å². The van der Waals surface area contributed by atoms with Gasteiger partial charge in [-0.2, -0.15) is 0 Å². The number of nitrogens with one attached hydrogen (secondary N) is 1. The molecule has 0 aliphatic heterocycles. The van der Waals surface area contributed by atoms with Gasteiger partial charge in [-0.25, -0.2) is 4.79 Å². The predicted octanol–water partition coefficient (Wildman–Crippen LogP) is 5.90. The van der Waals surface area contributed by atoms with Gasteiger partial charge in [-0.05, 0) is 49.7 Å². The van der Waals surface area contributed by atoms with Gasteiger partial charge in [-0.15, -0.1) is 11.3 Å². The van der Waals surface area contributed by atoms with Crippen molar-refractivity contribution in [2.24, 2.45) is 0 Å². The number of hydrogen-bond acceptors (Lipinski definition) is 5. The van der Waals surface area contributed by atoms with E-state index in [9.17, 15) is 9.59 Å². The number of thiophene rings is 1. The third-order valence-corrected chi connectivity index (χ3v) is 5.19. The molecular weight excluding hydrogens is 410 g/mol. The summed E-state index contributed by atoms with van der Waals surface area (Å²) in [5, 5.41) is 5.53. The normalized spacial score (nSPS) is 10.4. The number of esters is 1. The molecule has 0 unspecified atom stereocenters. The molecule has 0 atom stereocenters. The van der Waals surface area contributed by atoms with E-state index in [0.717, 1.165) is 11.3 Å². The molecule has 1 heterocycles. The molecule has 1 N–H and O–H groups in total. The predicted molar refractivity (Wildman–Crippen MR) is 116 cm³/mol. The van der Waals surface area contributed by atoms with Gasteiger partial charge in [0.1, 0.15) is 16.3 Å².